The highest BCUT2D eigenvalue weighted by atomic mass is 79.9. The highest BCUT2D eigenvalue weighted by molar-refractivity contribution is 9.10. The van der Waals surface area contributed by atoms with E-state index in [1.165, 1.54) is 20.3 Å². The number of methoxy groups -OCH3 is 1. The number of nitrogens with one attached hydrogen (secondary N) is 1. The van der Waals surface area contributed by atoms with Crippen molar-refractivity contribution in [2.45, 2.75) is 26.5 Å². The monoisotopic (exact) mass is 452 g/mol. The first-order valence-corrected chi connectivity index (χ1v) is 9.25. The van der Waals surface area contributed by atoms with Crippen molar-refractivity contribution in [2.24, 2.45) is 5.16 Å². The van der Waals surface area contributed by atoms with E-state index in [2.05, 4.69) is 26.6 Å². The van der Waals surface area contributed by atoms with Gasteiger partial charge in [-0.05, 0) is 43.2 Å². The van der Waals surface area contributed by atoms with Crippen molar-refractivity contribution in [3.05, 3.63) is 68.9 Å². The predicted molar refractivity (Wildman–Crippen MR) is 107 cm³/mol. The smallest absolute Gasteiger partial charge is 0.329 e. The minimum absolute atomic E-state index is 0.0911. The Morgan fingerprint density at radius 3 is 2.71 bits per heavy atom. The number of rotatable bonds is 8. The minimum atomic E-state index is -0.818. The molecule has 0 fully saturated rings. The van der Waals surface area contributed by atoms with Crippen molar-refractivity contribution in [3.63, 3.8) is 0 Å². The Morgan fingerprint density at radius 1 is 1.29 bits per heavy atom. The molecule has 0 amide bonds. The van der Waals surface area contributed by atoms with Gasteiger partial charge >= 0.3 is 5.97 Å². The lowest BCUT2D eigenvalue weighted by Gasteiger charge is -2.19. The van der Waals surface area contributed by atoms with E-state index >= 15 is 0 Å². The number of benzene rings is 2. The molecule has 8 heteroatoms. The molecule has 0 heterocycles. The fraction of sp³-hybridized carbons (Fsp3) is 0.300. The maximum atomic E-state index is 14.0. The van der Waals surface area contributed by atoms with E-state index < -0.39 is 12.0 Å². The summed E-state index contributed by atoms with van der Waals surface area (Å²) in [7, 11) is 2.72. The number of hydrogen-bond donors (Lipinski definition) is 1. The van der Waals surface area contributed by atoms with E-state index in [9.17, 15) is 9.18 Å². The van der Waals surface area contributed by atoms with Crippen LogP contribution in [0.1, 0.15) is 35.2 Å². The summed E-state index contributed by atoms with van der Waals surface area (Å²) in [5.74, 6) is -0.885. The average molecular weight is 453 g/mol. The van der Waals surface area contributed by atoms with E-state index in [0.717, 1.165) is 15.6 Å². The third-order valence-electron chi connectivity index (χ3n) is 4.16. The van der Waals surface area contributed by atoms with Gasteiger partial charge in [0.15, 0.2) is 6.04 Å². The summed E-state index contributed by atoms with van der Waals surface area (Å²) in [5.41, 5.74) is 5.69. The van der Waals surface area contributed by atoms with Gasteiger partial charge in [-0.25, -0.2) is 9.18 Å². The van der Waals surface area contributed by atoms with Gasteiger partial charge in [0.2, 0.25) is 0 Å². The van der Waals surface area contributed by atoms with E-state index in [-0.39, 0.29) is 12.4 Å². The van der Waals surface area contributed by atoms with Crippen LogP contribution < -0.4 is 5.48 Å². The van der Waals surface area contributed by atoms with Crippen LogP contribution in [0, 0.1) is 12.7 Å². The van der Waals surface area contributed by atoms with Gasteiger partial charge in [-0.3, -0.25) is 0 Å². The predicted octanol–water partition coefficient (Wildman–Crippen LogP) is 4.20. The Bertz CT molecular complexity index is 873. The first-order chi connectivity index (χ1) is 13.4. The van der Waals surface area contributed by atoms with Crippen molar-refractivity contribution >= 4 is 27.6 Å². The van der Waals surface area contributed by atoms with E-state index in [1.54, 1.807) is 25.1 Å². The second-order valence-electron chi connectivity index (χ2n) is 6.00. The van der Waals surface area contributed by atoms with Crippen LogP contribution in [0.3, 0.4) is 0 Å². The molecule has 0 aliphatic rings. The van der Waals surface area contributed by atoms with Gasteiger partial charge in [0, 0.05) is 15.6 Å². The van der Waals surface area contributed by atoms with Crippen molar-refractivity contribution in [1.82, 2.24) is 5.48 Å². The second-order valence-corrected chi connectivity index (χ2v) is 6.91. The van der Waals surface area contributed by atoms with E-state index in [0.29, 0.717) is 16.8 Å². The van der Waals surface area contributed by atoms with Gasteiger partial charge in [-0.15, -0.1) is 0 Å². The molecule has 0 bridgehead atoms. The van der Waals surface area contributed by atoms with Gasteiger partial charge < -0.3 is 14.4 Å². The summed E-state index contributed by atoms with van der Waals surface area (Å²) >= 11 is 3.31. The number of esters is 1. The highest BCUT2D eigenvalue weighted by Gasteiger charge is 2.25. The summed E-state index contributed by atoms with van der Waals surface area (Å²) in [5, 5.41) is 4.03. The quantitative estimate of drug-likeness (QED) is 0.369. The number of carbonyl (C=O) groups excluding carboxylic acids is 1. The van der Waals surface area contributed by atoms with Gasteiger partial charge in [-0.1, -0.05) is 39.3 Å². The normalized spacial score (nSPS) is 12.6. The summed E-state index contributed by atoms with van der Waals surface area (Å²) in [4.78, 5) is 22.5. The lowest BCUT2D eigenvalue weighted by atomic mass is 9.97. The fourth-order valence-corrected chi connectivity index (χ4v) is 3.05. The molecule has 0 saturated heterocycles. The van der Waals surface area contributed by atoms with Gasteiger partial charge in [0.1, 0.15) is 12.4 Å². The Kier molecular flexibility index (Phi) is 8.10. The SMILES string of the molecule is CONC(C(=O)OC)c1cccc(C)c1CO/N=C(\C)c1cc(Br)ccc1F. The van der Waals surface area contributed by atoms with E-state index in [4.69, 9.17) is 14.4 Å². The summed E-state index contributed by atoms with van der Waals surface area (Å²) in [6.45, 7) is 3.65. The molecular formula is C20H22BrFN2O4. The summed E-state index contributed by atoms with van der Waals surface area (Å²) < 4.78 is 19.6. The molecule has 6 nitrogen and oxygen atoms in total. The Labute approximate surface area is 171 Å². The fourth-order valence-electron chi connectivity index (χ4n) is 2.68. The van der Waals surface area contributed by atoms with Crippen molar-refractivity contribution in [1.29, 1.82) is 0 Å². The molecule has 28 heavy (non-hydrogen) atoms. The first-order valence-electron chi connectivity index (χ1n) is 8.45. The standard InChI is InChI=1S/C20H22BrFN2O4/c1-12-6-5-7-15(19(24-27-4)20(25)26-3)17(12)11-28-23-13(2)16-10-14(21)8-9-18(16)22/h5-10,19,24H,11H2,1-4H3/b23-13+. The molecule has 0 aliphatic heterocycles. The van der Waals surface area contributed by atoms with Crippen LogP contribution in [-0.4, -0.2) is 25.9 Å². The van der Waals surface area contributed by atoms with E-state index in [1.807, 2.05) is 19.1 Å². The maximum Gasteiger partial charge on any atom is 0.329 e. The lowest BCUT2D eigenvalue weighted by molar-refractivity contribution is -0.147. The largest absolute Gasteiger partial charge is 0.468 e. The van der Waals surface area contributed by atoms with Crippen LogP contribution in [0.15, 0.2) is 46.0 Å². The molecule has 0 aliphatic carbocycles. The molecule has 2 aromatic carbocycles. The molecule has 0 saturated carbocycles. The summed E-state index contributed by atoms with van der Waals surface area (Å²) in [6, 6.07) is 9.29. The molecule has 1 unspecified atom stereocenters. The Balaban J connectivity index is 2.26. The molecule has 0 radical (unpaired) electrons. The number of ether oxygens (including phenoxy) is 1. The zero-order valence-corrected chi connectivity index (χ0v) is 17.7. The molecule has 2 rings (SSSR count). The number of oxime groups is 1. The molecule has 0 spiro atoms. The second kappa shape index (κ2) is 10.3. The van der Waals surface area contributed by atoms with Crippen LogP contribution in [-0.2, 0) is 25.8 Å². The molecule has 150 valence electrons. The average Bonchev–Trinajstić information content (AvgIpc) is 2.68. The number of aryl methyl sites for hydroxylation is 1. The molecule has 2 aromatic rings. The number of hydroxylamine groups is 1. The van der Waals surface area contributed by atoms with Crippen molar-refractivity contribution < 1.29 is 23.6 Å². The van der Waals surface area contributed by atoms with Crippen LogP contribution in [0.25, 0.3) is 0 Å². The number of hydrogen-bond acceptors (Lipinski definition) is 6. The zero-order valence-electron chi connectivity index (χ0n) is 16.1. The van der Waals surface area contributed by atoms with Crippen molar-refractivity contribution in [3.8, 4) is 0 Å². The van der Waals surface area contributed by atoms with Crippen LogP contribution in [0.2, 0.25) is 0 Å². The van der Waals surface area contributed by atoms with Gasteiger partial charge in [0.25, 0.3) is 0 Å². The maximum absolute atomic E-state index is 14.0. The molecule has 0 aromatic heterocycles. The zero-order chi connectivity index (χ0) is 20.7. The van der Waals surface area contributed by atoms with Crippen molar-refractivity contribution in [2.75, 3.05) is 14.2 Å². The number of nitrogens with zero attached hydrogens (tertiary/aromatic N) is 1. The molecule has 1 N–H and O–H groups in total. The summed E-state index contributed by atoms with van der Waals surface area (Å²) in [6.07, 6.45) is 0. The molecular weight excluding hydrogens is 431 g/mol. The van der Waals surface area contributed by atoms with Crippen LogP contribution in [0.4, 0.5) is 4.39 Å². The Hall–Kier alpha value is -2.29. The van der Waals surface area contributed by atoms with Gasteiger partial charge in [-0.2, -0.15) is 5.48 Å². The van der Waals surface area contributed by atoms with Crippen LogP contribution >= 0.6 is 15.9 Å². The highest BCUT2D eigenvalue weighted by Crippen LogP contribution is 2.24. The number of halogens is 2. The third kappa shape index (κ3) is 5.37. The Morgan fingerprint density at radius 2 is 2.04 bits per heavy atom. The lowest BCUT2D eigenvalue weighted by Crippen LogP contribution is -2.30. The first kappa shape index (κ1) is 22.0. The minimum Gasteiger partial charge on any atom is -0.468 e. The van der Waals surface area contributed by atoms with Crippen LogP contribution in [0.5, 0.6) is 0 Å². The number of carbonyl (C=O) groups is 1. The molecule has 1 atom stereocenters. The third-order valence-corrected chi connectivity index (χ3v) is 4.65. The van der Waals surface area contributed by atoms with Gasteiger partial charge in [0.05, 0.1) is 19.9 Å². The topological polar surface area (TPSA) is 69.2 Å².